The maximum Gasteiger partial charge on any atom is 0.319 e. The van der Waals surface area contributed by atoms with E-state index in [1.54, 1.807) is 18.2 Å². The maximum absolute atomic E-state index is 12.8. The van der Waals surface area contributed by atoms with Crippen LogP contribution in [0.2, 0.25) is 10.0 Å². The summed E-state index contributed by atoms with van der Waals surface area (Å²) in [5.74, 6) is -0.570. The lowest BCUT2D eigenvalue weighted by Crippen LogP contribution is -2.48. The molecule has 0 radical (unpaired) electrons. The molecule has 0 bridgehead atoms. The topological polar surface area (TPSA) is 96.0 Å². The molecule has 1 heterocycles. The average molecular weight is 478 g/mol. The molecule has 31 heavy (non-hydrogen) atoms. The Morgan fingerprint density at radius 2 is 1.71 bits per heavy atom. The van der Waals surface area contributed by atoms with Gasteiger partial charge in [-0.25, -0.2) is 4.79 Å². The van der Waals surface area contributed by atoms with E-state index in [2.05, 4.69) is 26.1 Å². The van der Waals surface area contributed by atoms with E-state index in [1.165, 1.54) is 11.3 Å². The van der Waals surface area contributed by atoms with Gasteiger partial charge in [-0.1, -0.05) is 84.3 Å². The Kier molecular flexibility index (Phi) is 7.48. The Bertz CT molecular complexity index is 1090. The highest BCUT2D eigenvalue weighted by Crippen LogP contribution is 2.29. The van der Waals surface area contributed by atoms with E-state index >= 15 is 0 Å². The van der Waals surface area contributed by atoms with Gasteiger partial charge in [-0.3, -0.25) is 10.1 Å². The number of anilines is 2. The number of rotatable bonds is 6. The van der Waals surface area contributed by atoms with Gasteiger partial charge in [0.1, 0.15) is 11.0 Å². The largest absolute Gasteiger partial charge is 0.326 e. The normalized spacial score (nSPS) is 11.8. The number of nitrogens with zero attached hydrogens (tertiary/aromatic N) is 2. The minimum Gasteiger partial charge on any atom is -0.326 e. The molecule has 0 saturated heterocycles. The lowest BCUT2D eigenvalue weighted by Gasteiger charge is -2.21. The van der Waals surface area contributed by atoms with Crippen molar-refractivity contribution in [2.45, 2.75) is 26.8 Å². The fraction of sp³-hybridized carbons (Fsp3) is 0.238. The molecule has 0 aliphatic rings. The molecule has 162 valence electrons. The number of nitrogens with one attached hydrogen (secondary N) is 3. The van der Waals surface area contributed by atoms with Gasteiger partial charge in [0, 0.05) is 5.56 Å². The number of aryl methyl sites for hydroxylation is 1. The van der Waals surface area contributed by atoms with Gasteiger partial charge < -0.3 is 10.6 Å². The molecule has 10 heteroatoms. The molecule has 3 aromatic rings. The van der Waals surface area contributed by atoms with Gasteiger partial charge >= 0.3 is 6.03 Å². The summed E-state index contributed by atoms with van der Waals surface area (Å²) in [5.41, 5.74) is 2.41. The van der Waals surface area contributed by atoms with Crippen LogP contribution in [0.5, 0.6) is 0 Å². The molecule has 0 aliphatic heterocycles. The molecular formula is C21H21Cl2N5O2S. The van der Waals surface area contributed by atoms with E-state index < -0.39 is 18.0 Å². The van der Waals surface area contributed by atoms with Crippen molar-refractivity contribution in [2.24, 2.45) is 5.92 Å². The number of urea groups is 1. The lowest BCUT2D eigenvalue weighted by molar-refractivity contribution is -0.118. The zero-order valence-corrected chi connectivity index (χ0v) is 19.4. The monoisotopic (exact) mass is 477 g/mol. The fourth-order valence-corrected chi connectivity index (χ4v) is 3.80. The molecular weight excluding hydrogens is 457 g/mol. The predicted molar refractivity (Wildman–Crippen MR) is 126 cm³/mol. The third-order valence-electron chi connectivity index (χ3n) is 4.39. The third kappa shape index (κ3) is 5.94. The molecule has 0 aliphatic carbocycles. The molecule has 0 saturated carbocycles. The van der Waals surface area contributed by atoms with Crippen LogP contribution < -0.4 is 16.0 Å². The highest BCUT2D eigenvalue weighted by molar-refractivity contribution is 7.18. The van der Waals surface area contributed by atoms with Crippen molar-refractivity contribution in [3.63, 3.8) is 0 Å². The Balaban J connectivity index is 1.66. The minimum atomic E-state index is -0.801. The fourth-order valence-electron chi connectivity index (χ4n) is 2.70. The van der Waals surface area contributed by atoms with Crippen LogP contribution in [0.25, 0.3) is 10.6 Å². The predicted octanol–water partition coefficient (Wildman–Crippen LogP) is 5.61. The summed E-state index contributed by atoms with van der Waals surface area (Å²) in [5, 5.41) is 17.8. The molecule has 7 nitrogen and oxygen atoms in total. The van der Waals surface area contributed by atoms with Crippen molar-refractivity contribution in [3.8, 4) is 10.6 Å². The number of hydrogen-bond donors (Lipinski definition) is 3. The quantitative estimate of drug-likeness (QED) is 0.430. The van der Waals surface area contributed by atoms with E-state index in [0.29, 0.717) is 20.8 Å². The second kappa shape index (κ2) is 10.1. The lowest BCUT2D eigenvalue weighted by atomic mass is 10.0. The van der Waals surface area contributed by atoms with Crippen LogP contribution in [0.15, 0.2) is 42.5 Å². The summed E-state index contributed by atoms with van der Waals surface area (Å²) in [6.45, 7) is 5.66. The van der Waals surface area contributed by atoms with E-state index in [9.17, 15) is 9.59 Å². The van der Waals surface area contributed by atoms with Gasteiger partial charge in [-0.15, -0.1) is 10.2 Å². The van der Waals surface area contributed by atoms with Crippen molar-refractivity contribution >= 4 is 57.3 Å². The van der Waals surface area contributed by atoms with E-state index in [4.69, 9.17) is 23.2 Å². The number of amides is 3. The maximum atomic E-state index is 12.8. The first-order valence-corrected chi connectivity index (χ1v) is 11.0. The van der Waals surface area contributed by atoms with Crippen LogP contribution in [0, 0.1) is 12.8 Å². The summed E-state index contributed by atoms with van der Waals surface area (Å²) in [6, 6.07) is 11.4. The number of halogens is 2. The van der Waals surface area contributed by atoms with E-state index in [1.807, 2.05) is 45.0 Å². The SMILES string of the molecule is Cc1ccc(-c2nnc(NC(=O)[C@@H](NC(=O)Nc3cccc(Cl)c3Cl)C(C)C)s2)cc1. The van der Waals surface area contributed by atoms with E-state index in [0.717, 1.165) is 11.1 Å². The van der Waals surface area contributed by atoms with Crippen LogP contribution in [0.3, 0.4) is 0 Å². The number of benzene rings is 2. The molecule has 3 rings (SSSR count). The number of aromatic nitrogens is 2. The number of carbonyl (C=O) groups is 2. The van der Waals surface area contributed by atoms with Crippen molar-refractivity contribution in [3.05, 3.63) is 58.1 Å². The standard InChI is InChI=1S/C21H21Cl2N5O2S/c1-11(2)17(25-20(30)24-15-6-4-5-14(22)16(15)23)18(29)26-21-28-27-19(31-21)13-9-7-12(3)8-10-13/h4-11,17H,1-3H3,(H2,24,25,30)(H,26,28,29)/t17-/m0/s1. The first kappa shape index (κ1) is 23.0. The average Bonchev–Trinajstić information content (AvgIpc) is 3.18. The Morgan fingerprint density at radius 1 is 1.00 bits per heavy atom. The van der Waals surface area contributed by atoms with Crippen LogP contribution in [-0.2, 0) is 4.79 Å². The number of hydrogen-bond acceptors (Lipinski definition) is 5. The zero-order chi connectivity index (χ0) is 22.5. The molecule has 0 spiro atoms. The molecule has 1 atom stereocenters. The third-order valence-corrected chi connectivity index (χ3v) is 6.10. The van der Waals surface area contributed by atoms with Crippen molar-refractivity contribution in [2.75, 3.05) is 10.6 Å². The highest BCUT2D eigenvalue weighted by Gasteiger charge is 2.25. The summed E-state index contributed by atoms with van der Waals surface area (Å²) >= 11 is 13.3. The second-order valence-electron chi connectivity index (χ2n) is 7.19. The van der Waals surface area contributed by atoms with Crippen molar-refractivity contribution < 1.29 is 9.59 Å². The van der Waals surface area contributed by atoms with Gasteiger partial charge in [0.05, 0.1) is 15.7 Å². The Hall–Kier alpha value is -2.68. The van der Waals surface area contributed by atoms with Crippen molar-refractivity contribution in [1.82, 2.24) is 15.5 Å². The molecule has 2 aromatic carbocycles. The van der Waals surface area contributed by atoms with Crippen LogP contribution in [0.1, 0.15) is 19.4 Å². The summed E-state index contributed by atoms with van der Waals surface area (Å²) < 4.78 is 0. The molecule has 3 amide bonds. The first-order valence-electron chi connectivity index (χ1n) is 9.47. The van der Waals surface area contributed by atoms with Crippen LogP contribution in [0.4, 0.5) is 15.6 Å². The van der Waals surface area contributed by atoms with Gasteiger partial charge in [-0.05, 0) is 25.0 Å². The van der Waals surface area contributed by atoms with Crippen LogP contribution >= 0.6 is 34.5 Å². The molecule has 1 aromatic heterocycles. The van der Waals surface area contributed by atoms with Gasteiger partial charge in [0.2, 0.25) is 11.0 Å². The summed E-state index contributed by atoms with van der Waals surface area (Å²) in [6.07, 6.45) is 0. The van der Waals surface area contributed by atoms with Gasteiger partial charge in [0.25, 0.3) is 0 Å². The second-order valence-corrected chi connectivity index (χ2v) is 8.95. The Morgan fingerprint density at radius 3 is 2.39 bits per heavy atom. The molecule has 0 unspecified atom stereocenters. The Labute approximate surface area is 194 Å². The number of carbonyl (C=O) groups excluding carboxylic acids is 2. The molecule has 3 N–H and O–H groups in total. The van der Waals surface area contributed by atoms with Gasteiger partial charge in [0.15, 0.2) is 0 Å². The first-order chi connectivity index (χ1) is 14.7. The van der Waals surface area contributed by atoms with E-state index in [-0.39, 0.29) is 10.9 Å². The minimum absolute atomic E-state index is 0.176. The van der Waals surface area contributed by atoms with Crippen LogP contribution in [-0.4, -0.2) is 28.2 Å². The summed E-state index contributed by atoms with van der Waals surface area (Å²) in [4.78, 5) is 25.2. The smallest absolute Gasteiger partial charge is 0.319 e. The van der Waals surface area contributed by atoms with Crippen molar-refractivity contribution in [1.29, 1.82) is 0 Å². The highest BCUT2D eigenvalue weighted by atomic mass is 35.5. The molecule has 0 fully saturated rings. The summed E-state index contributed by atoms with van der Waals surface area (Å²) in [7, 11) is 0. The zero-order valence-electron chi connectivity index (χ0n) is 17.1. The van der Waals surface area contributed by atoms with Gasteiger partial charge in [-0.2, -0.15) is 0 Å².